The van der Waals surface area contributed by atoms with E-state index < -0.39 is 6.29 Å². The predicted octanol–water partition coefficient (Wildman–Crippen LogP) is 0.892. The summed E-state index contributed by atoms with van der Waals surface area (Å²) in [6, 6.07) is 0. The average molecular weight is 162 g/mol. The minimum atomic E-state index is -0.643. The molecule has 1 fully saturated rings. The highest BCUT2D eigenvalue weighted by Crippen LogP contribution is 2.16. The molecule has 0 aromatic heterocycles. The van der Waals surface area contributed by atoms with Gasteiger partial charge in [-0.2, -0.15) is 0 Å². The topological polar surface area (TPSA) is 49.7 Å². The highest BCUT2D eigenvalue weighted by Gasteiger charge is 2.18. The Balaban J connectivity index is 0.000000461. The fraction of sp³-hybridized carbons (Fsp3) is 1.00. The van der Waals surface area contributed by atoms with Gasteiger partial charge in [0.15, 0.2) is 6.29 Å². The van der Waals surface area contributed by atoms with Crippen molar-refractivity contribution in [2.45, 2.75) is 45.5 Å². The number of aliphatic hydroxyl groups excluding tert-OH is 2. The molecule has 0 saturated carbocycles. The van der Waals surface area contributed by atoms with Crippen LogP contribution in [0.1, 0.15) is 33.1 Å². The largest absolute Gasteiger partial charge is 0.394 e. The van der Waals surface area contributed by atoms with Crippen LogP contribution in [0.5, 0.6) is 0 Å². The fourth-order valence-electron chi connectivity index (χ4n) is 1.01. The average Bonchev–Trinajstić information content (AvgIpc) is 2.08. The van der Waals surface area contributed by atoms with Crippen LogP contribution in [0.15, 0.2) is 0 Å². The zero-order chi connectivity index (χ0) is 8.69. The van der Waals surface area contributed by atoms with Gasteiger partial charge in [-0.15, -0.1) is 0 Å². The Labute approximate surface area is 68.0 Å². The molecule has 3 heteroatoms. The van der Waals surface area contributed by atoms with Gasteiger partial charge in [-0.25, -0.2) is 0 Å². The molecule has 0 aliphatic carbocycles. The van der Waals surface area contributed by atoms with E-state index in [4.69, 9.17) is 14.9 Å². The summed E-state index contributed by atoms with van der Waals surface area (Å²) in [4.78, 5) is 0. The monoisotopic (exact) mass is 162 g/mol. The standard InChI is InChI=1S/C6H12O3.C2H6/c7-4-5-2-1-3-6(8)9-5;1-2/h5-8H,1-4H2;1-2H3. The molecule has 0 spiro atoms. The number of ether oxygens (including phenoxy) is 1. The van der Waals surface area contributed by atoms with Crippen molar-refractivity contribution in [1.82, 2.24) is 0 Å². The SMILES string of the molecule is CC.OCC1CCCC(O)O1. The Morgan fingerprint density at radius 1 is 1.36 bits per heavy atom. The predicted molar refractivity (Wildman–Crippen MR) is 43.2 cm³/mol. The Hall–Kier alpha value is -0.120. The molecule has 1 aliphatic rings. The van der Waals surface area contributed by atoms with E-state index in [9.17, 15) is 0 Å². The van der Waals surface area contributed by atoms with E-state index in [-0.39, 0.29) is 12.7 Å². The second kappa shape index (κ2) is 6.58. The lowest BCUT2D eigenvalue weighted by Gasteiger charge is -2.24. The smallest absolute Gasteiger partial charge is 0.155 e. The van der Waals surface area contributed by atoms with Crippen LogP contribution in [-0.2, 0) is 4.74 Å². The van der Waals surface area contributed by atoms with Crippen LogP contribution < -0.4 is 0 Å². The van der Waals surface area contributed by atoms with Gasteiger partial charge in [-0.05, 0) is 19.3 Å². The highest BCUT2D eigenvalue weighted by molar-refractivity contribution is 4.63. The molecular formula is C8H18O3. The summed E-state index contributed by atoms with van der Waals surface area (Å²) in [6.45, 7) is 4.02. The van der Waals surface area contributed by atoms with Crippen molar-refractivity contribution in [3.8, 4) is 0 Å². The molecule has 0 aromatic carbocycles. The van der Waals surface area contributed by atoms with Gasteiger partial charge in [0.2, 0.25) is 0 Å². The van der Waals surface area contributed by atoms with E-state index in [2.05, 4.69) is 0 Å². The number of hydrogen-bond acceptors (Lipinski definition) is 3. The van der Waals surface area contributed by atoms with Gasteiger partial charge in [0, 0.05) is 0 Å². The third kappa shape index (κ3) is 4.35. The van der Waals surface area contributed by atoms with E-state index >= 15 is 0 Å². The summed E-state index contributed by atoms with van der Waals surface area (Å²) in [5.74, 6) is 0. The highest BCUT2D eigenvalue weighted by atomic mass is 16.6. The van der Waals surface area contributed by atoms with Gasteiger partial charge in [0.05, 0.1) is 12.7 Å². The van der Waals surface area contributed by atoms with Crippen molar-refractivity contribution in [1.29, 1.82) is 0 Å². The third-order valence-electron chi connectivity index (χ3n) is 1.53. The molecule has 0 radical (unpaired) electrons. The maximum absolute atomic E-state index is 8.88. The van der Waals surface area contributed by atoms with Crippen molar-refractivity contribution in [2.24, 2.45) is 0 Å². The number of rotatable bonds is 1. The first-order chi connectivity index (χ1) is 5.33. The lowest BCUT2D eigenvalue weighted by Crippen LogP contribution is -2.29. The Morgan fingerprint density at radius 2 is 2.00 bits per heavy atom. The minimum absolute atomic E-state index is 0.0249. The molecule has 1 aliphatic heterocycles. The molecule has 68 valence electrons. The Bertz CT molecular complexity index is 85.4. The summed E-state index contributed by atoms with van der Waals surface area (Å²) < 4.78 is 4.94. The third-order valence-corrected chi connectivity index (χ3v) is 1.53. The van der Waals surface area contributed by atoms with Crippen molar-refractivity contribution in [3.63, 3.8) is 0 Å². The van der Waals surface area contributed by atoms with Crippen LogP contribution in [-0.4, -0.2) is 29.2 Å². The van der Waals surface area contributed by atoms with Crippen LogP contribution in [0.3, 0.4) is 0 Å². The quantitative estimate of drug-likeness (QED) is 0.602. The maximum Gasteiger partial charge on any atom is 0.155 e. The molecule has 3 nitrogen and oxygen atoms in total. The molecule has 0 amide bonds. The molecular weight excluding hydrogens is 144 g/mol. The van der Waals surface area contributed by atoms with Crippen molar-refractivity contribution in [3.05, 3.63) is 0 Å². The summed E-state index contributed by atoms with van der Waals surface area (Å²) >= 11 is 0. The van der Waals surface area contributed by atoms with Crippen molar-refractivity contribution >= 4 is 0 Å². The minimum Gasteiger partial charge on any atom is -0.394 e. The molecule has 0 aromatic rings. The second-order valence-corrected chi connectivity index (χ2v) is 2.33. The van der Waals surface area contributed by atoms with E-state index in [1.165, 1.54) is 0 Å². The zero-order valence-electron chi connectivity index (χ0n) is 7.29. The molecule has 0 bridgehead atoms. The van der Waals surface area contributed by atoms with Crippen LogP contribution >= 0.6 is 0 Å². The molecule has 2 N–H and O–H groups in total. The molecule has 1 saturated heterocycles. The molecule has 1 rings (SSSR count). The van der Waals surface area contributed by atoms with Crippen LogP contribution in [0.25, 0.3) is 0 Å². The Kier molecular flexibility index (Phi) is 6.51. The number of aliphatic hydroxyl groups is 2. The zero-order valence-corrected chi connectivity index (χ0v) is 7.29. The number of hydrogen-bond donors (Lipinski definition) is 2. The van der Waals surface area contributed by atoms with Gasteiger partial charge < -0.3 is 14.9 Å². The van der Waals surface area contributed by atoms with Gasteiger partial charge in [0.25, 0.3) is 0 Å². The van der Waals surface area contributed by atoms with E-state index in [0.29, 0.717) is 6.42 Å². The summed E-state index contributed by atoms with van der Waals surface area (Å²) in [6.07, 6.45) is 1.75. The summed E-state index contributed by atoms with van der Waals surface area (Å²) in [5.41, 5.74) is 0. The normalized spacial score (nSPS) is 30.5. The fourth-order valence-corrected chi connectivity index (χ4v) is 1.01. The van der Waals surface area contributed by atoms with Gasteiger partial charge >= 0.3 is 0 Å². The summed E-state index contributed by atoms with van der Waals surface area (Å²) in [5, 5.41) is 17.5. The first-order valence-corrected chi connectivity index (χ1v) is 4.27. The first-order valence-electron chi connectivity index (χ1n) is 4.27. The summed E-state index contributed by atoms with van der Waals surface area (Å²) in [7, 11) is 0. The van der Waals surface area contributed by atoms with Crippen LogP contribution in [0.2, 0.25) is 0 Å². The van der Waals surface area contributed by atoms with Gasteiger partial charge in [-0.3, -0.25) is 0 Å². The van der Waals surface area contributed by atoms with Gasteiger partial charge in [-0.1, -0.05) is 13.8 Å². The molecule has 1 heterocycles. The first kappa shape index (κ1) is 10.9. The van der Waals surface area contributed by atoms with E-state index in [1.54, 1.807) is 0 Å². The Morgan fingerprint density at radius 3 is 2.36 bits per heavy atom. The van der Waals surface area contributed by atoms with Crippen LogP contribution in [0.4, 0.5) is 0 Å². The van der Waals surface area contributed by atoms with Gasteiger partial charge in [0.1, 0.15) is 0 Å². The van der Waals surface area contributed by atoms with Crippen LogP contribution in [0, 0.1) is 0 Å². The van der Waals surface area contributed by atoms with E-state index in [1.807, 2.05) is 13.8 Å². The molecule has 2 atom stereocenters. The van der Waals surface area contributed by atoms with Crippen molar-refractivity contribution < 1.29 is 14.9 Å². The molecule has 11 heavy (non-hydrogen) atoms. The second-order valence-electron chi connectivity index (χ2n) is 2.33. The lowest BCUT2D eigenvalue weighted by molar-refractivity contribution is -0.172. The molecule has 2 unspecified atom stereocenters. The maximum atomic E-state index is 8.88. The van der Waals surface area contributed by atoms with E-state index in [0.717, 1.165) is 12.8 Å². The lowest BCUT2D eigenvalue weighted by atomic mass is 10.1. The van der Waals surface area contributed by atoms with Crippen molar-refractivity contribution in [2.75, 3.05) is 6.61 Å².